The highest BCUT2D eigenvalue weighted by Crippen LogP contribution is 2.41. The molecule has 0 aromatic heterocycles. The molecule has 0 bridgehead atoms. The van der Waals surface area contributed by atoms with Crippen LogP contribution in [0.25, 0.3) is 0 Å². The van der Waals surface area contributed by atoms with Crippen LogP contribution in [0, 0.1) is 5.92 Å². The maximum Gasteiger partial charge on any atom is 0.226 e. The van der Waals surface area contributed by atoms with Crippen molar-refractivity contribution in [3.05, 3.63) is 64.7 Å². The average molecular weight is 442 g/mol. The van der Waals surface area contributed by atoms with Crippen LogP contribution < -0.4 is 10.1 Å². The van der Waals surface area contributed by atoms with E-state index in [1.807, 2.05) is 30.3 Å². The van der Waals surface area contributed by atoms with Gasteiger partial charge in [0.1, 0.15) is 5.75 Å². The summed E-state index contributed by atoms with van der Waals surface area (Å²) >= 11 is 6.14. The van der Waals surface area contributed by atoms with Gasteiger partial charge in [-0.15, -0.1) is 0 Å². The predicted octanol–water partition coefficient (Wildman–Crippen LogP) is 3.77. The molecule has 1 heterocycles. The number of nitrogens with one attached hydrogen (secondary N) is 1. The van der Waals surface area contributed by atoms with Crippen LogP contribution in [0.2, 0.25) is 5.02 Å². The van der Waals surface area contributed by atoms with Crippen molar-refractivity contribution in [3.8, 4) is 5.75 Å². The van der Waals surface area contributed by atoms with E-state index in [2.05, 4.69) is 40.4 Å². The van der Waals surface area contributed by atoms with E-state index in [0.717, 1.165) is 56.3 Å². The van der Waals surface area contributed by atoms with Gasteiger partial charge in [0, 0.05) is 49.7 Å². The summed E-state index contributed by atoms with van der Waals surface area (Å²) in [4.78, 5) is 17.9. The first-order valence-corrected chi connectivity index (χ1v) is 11.5. The maximum absolute atomic E-state index is 13.5. The van der Waals surface area contributed by atoms with E-state index in [9.17, 15) is 4.79 Å². The molecule has 31 heavy (non-hydrogen) atoms. The minimum atomic E-state index is 0.00802. The normalized spacial score (nSPS) is 24.4. The average Bonchev–Trinajstić information content (AvgIpc) is 3.22. The fourth-order valence-corrected chi connectivity index (χ4v) is 5.08. The van der Waals surface area contributed by atoms with Gasteiger partial charge in [-0.2, -0.15) is 0 Å². The second kappa shape index (κ2) is 10.0. The lowest BCUT2D eigenvalue weighted by molar-refractivity contribution is -0.137. The molecule has 4 rings (SSSR count). The number of rotatable bonds is 6. The molecule has 0 radical (unpaired) electrons. The molecule has 2 aromatic rings. The lowest BCUT2D eigenvalue weighted by Crippen LogP contribution is -2.49. The molecule has 0 unspecified atom stereocenters. The first-order chi connectivity index (χ1) is 15.0. The molecule has 2 aliphatic rings. The van der Waals surface area contributed by atoms with Crippen molar-refractivity contribution in [3.63, 3.8) is 0 Å². The Hall–Kier alpha value is -2.08. The zero-order valence-corrected chi connectivity index (χ0v) is 19.1. The van der Waals surface area contributed by atoms with Crippen molar-refractivity contribution in [2.45, 2.75) is 31.3 Å². The van der Waals surface area contributed by atoms with Crippen LogP contribution in [0.1, 0.15) is 29.9 Å². The van der Waals surface area contributed by atoms with E-state index in [-0.39, 0.29) is 11.8 Å². The number of ether oxygens (including phenoxy) is 1. The molecule has 1 saturated heterocycles. The van der Waals surface area contributed by atoms with E-state index in [4.69, 9.17) is 16.3 Å². The Morgan fingerprint density at radius 2 is 1.84 bits per heavy atom. The van der Waals surface area contributed by atoms with E-state index in [1.165, 1.54) is 11.1 Å². The molecule has 1 N–H and O–H groups in total. The number of hydrogen-bond acceptors (Lipinski definition) is 4. The molecule has 6 heteroatoms. The number of hydrogen-bond donors (Lipinski definition) is 1. The lowest BCUT2D eigenvalue weighted by atomic mass is 9.87. The quantitative estimate of drug-likeness (QED) is 0.741. The zero-order valence-electron chi connectivity index (χ0n) is 18.4. The minimum absolute atomic E-state index is 0.00802. The molecule has 1 amide bonds. The number of likely N-dealkylation sites (N-methyl/N-ethyl adjacent to an activating group) is 1. The number of carbonyl (C=O) groups excluding carboxylic acids is 1. The summed E-state index contributed by atoms with van der Waals surface area (Å²) in [6.07, 6.45) is 1.82. The Balaban J connectivity index is 1.48. The standard InChI is InChI=1S/C25H32ClN3O2/c1-28-10-12-29(13-11-28)25(30)24-16-21(27-17-18-4-3-5-20(26)14-18)15-23(24)19-6-8-22(31-2)9-7-19/h3-9,14,21,23-24,27H,10-13,15-17H2,1-2H3/t21-,23+,24-/m0/s1. The van der Waals surface area contributed by atoms with Gasteiger partial charge in [-0.25, -0.2) is 0 Å². The highest BCUT2D eigenvalue weighted by Gasteiger charge is 2.41. The Morgan fingerprint density at radius 3 is 2.52 bits per heavy atom. The summed E-state index contributed by atoms with van der Waals surface area (Å²) in [7, 11) is 3.80. The monoisotopic (exact) mass is 441 g/mol. The molecular formula is C25H32ClN3O2. The molecule has 2 aromatic carbocycles. The third-order valence-corrected chi connectivity index (χ3v) is 6.96. The largest absolute Gasteiger partial charge is 0.497 e. The van der Waals surface area contributed by atoms with E-state index >= 15 is 0 Å². The van der Waals surface area contributed by atoms with Gasteiger partial charge in [0.25, 0.3) is 0 Å². The number of halogens is 1. The smallest absolute Gasteiger partial charge is 0.226 e. The van der Waals surface area contributed by atoms with Crippen LogP contribution in [0.15, 0.2) is 48.5 Å². The number of methoxy groups -OCH3 is 1. The van der Waals surface area contributed by atoms with E-state index in [0.29, 0.717) is 11.9 Å². The van der Waals surface area contributed by atoms with Crippen molar-refractivity contribution in [2.75, 3.05) is 40.3 Å². The van der Waals surface area contributed by atoms with Crippen LogP contribution in [-0.4, -0.2) is 62.1 Å². The Morgan fingerprint density at radius 1 is 1.10 bits per heavy atom. The van der Waals surface area contributed by atoms with Crippen molar-refractivity contribution >= 4 is 17.5 Å². The van der Waals surface area contributed by atoms with Gasteiger partial charge in [-0.3, -0.25) is 4.79 Å². The van der Waals surface area contributed by atoms with Gasteiger partial charge >= 0.3 is 0 Å². The summed E-state index contributed by atoms with van der Waals surface area (Å²) in [6, 6.07) is 16.5. The molecule has 3 atom stereocenters. The number of nitrogens with zero attached hydrogens (tertiary/aromatic N) is 2. The molecule has 2 fully saturated rings. The van der Waals surface area contributed by atoms with Gasteiger partial charge < -0.3 is 19.9 Å². The third-order valence-electron chi connectivity index (χ3n) is 6.72. The molecule has 166 valence electrons. The van der Waals surface area contributed by atoms with Gasteiger partial charge in [0.2, 0.25) is 5.91 Å². The topological polar surface area (TPSA) is 44.8 Å². The fraction of sp³-hybridized carbons (Fsp3) is 0.480. The van der Waals surface area contributed by atoms with Crippen LogP contribution in [-0.2, 0) is 11.3 Å². The van der Waals surface area contributed by atoms with Crippen LogP contribution in [0.5, 0.6) is 5.75 Å². The van der Waals surface area contributed by atoms with E-state index < -0.39 is 0 Å². The summed E-state index contributed by atoms with van der Waals surface area (Å²) in [5.41, 5.74) is 2.39. The Kier molecular flexibility index (Phi) is 7.16. The number of amides is 1. The lowest BCUT2D eigenvalue weighted by Gasteiger charge is -2.35. The van der Waals surface area contributed by atoms with Gasteiger partial charge in [0.05, 0.1) is 7.11 Å². The third kappa shape index (κ3) is 5.40. The van der Waals surface area contributed by atoms with Crippen molar-refractivity contribution in [1.82, 2.24) is 15.1 Å². The molecular weight excluding hydrogens is 410 g/mol. The van der Waals surface area contributed by atoms with Gasteiger partial charge in [0.15, 0.2) is 0 Å². The van der Waals surface area contributed by atoms with E-state index in [1.54, 1.807) is 7.11 Å². The molecule has 1 aliphatic heterocycles. The summed E-state index contributed by atoms with van der Waals surface area (Å²) in [5.74, 6) is 1.38. The second-order valence-electron chi connectivity index (χ2n) is 8.79. The molecule has 0 spiro atoms. The Labute approximate surface area is 190 Å². The second-order valence-corrected chi connectivity index (χ2v) is 9.23. The first kappa shape index (κ1) is 22.1. The van der Waals surface area contributed by atoms with Crippen molar-refractivity contribution < 1.29 is 9.53 Å². The summed E-state index contributed by atoms with van der Waals surface area (Å²) in [5, 5.41) is 4.43. The molecule has 1 aliphatic carbocycles. The maximum atomic E-state index is 13.5. The highest BCUT2D eigenvalue weighted by molar-refractivity contribution is 6.30. The first-order valence-electron chi connectivity index (χ1n) is 11.1. The predicted molar refractivity (Wildman–Crippen MR) is 125 cm³/mol. The van der Waals surface area contributed by atoms with Crippen molar-refractivity contribution in [1.29, 1.82) is 0 Å². The number of piperazine rings is 1. The van der Waals surface area contributed by atoms with Crippen LogP contribution in [0.4, 0.5) is 0 Å². The number of carbonyl (C=O) groups is 1. The van der Waals surface area contributed by atoms with Gasteiger partial charge in [-0.1, -0.05) is 35.9 Å². The van der Waals surface area contributed by atoms with Crippen LogP contribution >= 0.6 is 11.6 Å². The highest BCUT2D eigenvalue weighted by atomic mass is 35.5. The number of benzene rings is 2. The summed E-state index contributed by atoms with van der Waals surface area (Å²) < 4.78 is 5.33. The summed E-state index contributed by atoms with van der Waals surface area (Å²) in [6.45, 7) is 4.30. The van der Waals surface area contributed by atoms with Crippen molar-refractivity contribution in [2.24, 2.45) is 5.92 Å². The minimum Gasteiger partial charge on any atom is -0.497 e. The van der Waals surface area contributed by atoms with Gasteiger partial charge in [-0.05, 0) is 61.2 Å². The SMILES string of the molecule is COc1ccc([C@H]2C[C@H](NCc3cccc(Cl)c3)C[C@@H]2C(=O)N2CCN(C)CC2)cc1. The Bertz CT molecular complexity index is 881. The zero-order chi connectivity index (χ0) is 21.8. The molecule has 5 nitrogen and oxygen atoms in total. The molecule has 1 saturated carbocycles. The van der Waals surface area contributed by atoms with Crippen LogP contribution in [0.3, 0.4) is 0 Å². The fourth-order valence-electron chi connectivity index (χ4n) is 4.87.